The van der Waals surface area contributed by atoms with E-state index in [9.17, 15) is 26.4 Å². The van der Waals surface area contributed by atoms with Crippen LogP contribution in [0.2, 0.25) is 0 Å². The van der Waals surface area contributed by atoms with E-state index in [2.05, 4.69) is 0 Å². The van der Waals surface area contributed by atoms with E-state index in [1.807, 2.05) is 103 Å². The molecule has 0 aliphatic heterocycles. The summed E-state index contributed by atoms with van der Waals surface area (Å²) in [7, 11) is -6.42. The van der Waals surface area contributed by atoms with Gasteiger partial charge in [-0.1, -0.05) is 116 Å². The summed E-state index contributed by atoms with van der Waals surface area (Å²) in [6.07, 6.45) is 4.55. The van der Waals surface area contributed by atoms with Crippen LogP contribution in [0.4, 0.5) is 0 Å². The standard InChI is InChI=1S/2C14H18O4S.6C2H6.CH4/c1-2-7-19(17,18)12-5-6-13-10(8-12)3-4-11(13)9-14(15)16;1-2-7-19(17,18)12-6-5-10-3-4-11(8-14(15)16)13(10)9-12;6*1-2;/h5-6,8,11H,2-4,7,9H2,1H3,(H,15,16);5-6,9,11H,2-4,7-8H2,1H3,(H,15,16);6*1-2H3;1H4. The fourth-order valence-electron chi connectivity index (χ4n) is 5.35. The molecule has 0 radical (unpaired) electrons. The number of benzene rings is 2. The average Bonchev–Trinajstić information content (AvgIpc) is 3.72. The van der Waals surface area contributed by atoms with E-state index in [-0.39, 0.29) is 43.6 Å². The van der Waals surface area contributed by atoms with E-state index in [0.29, 0.717) is 22.6 Å². The number of carboxylic acids is 2. The van der Waals surface area contributed by atoms with Crippen LogP contribution in [0.1, 0.15) is 177 Å². The van der Waals surface area contributed by atoms with Crippen molar-refractivity contribution in [1.82, 2.24) is 0 Å². The SMILES string of the molecule is C.CC.CC.CC.CC.CC.CC.CCCS(=O)(=O)c1ccc2c(c1)C(CC(=O)O)CC2.CCCS(=O)(=O)c1ccc2c(c1)CCC2CC(=O)O. The van der Waals surface area contributed by atoms with Crippen molar-refractivity contribution < 1.29 is 36.6 Å². The Labute approximate surface area is 314 Å². The molecule has 2 aromatic carbocycles. The molecule has 0 bridgehead atoms. The zero-order valence-corrected chi connectivity index (χ0v) is 35.5. The highest BCUT2D eigenvalue weighted by Crippen LogP contribution is 2.38. The topological polar surface area (TPSA) is 143 Å². The van der Waals surface area contributed by atoms with Crippen LogP contribution in [0.5, 0.6) is 0 Å². The van der Waals surface area contributed by atoms with Crippen molar-refractivity contribution in [3.63, 3.8) is 0 Å². The molecule has 2 aliphatic carbocycles. The Morgan fingerprint density at radius 1 is 0.569 bits per heavy atom. The summed E-state index contributed by atoms with van der Waals surface area (Å²) in [6, 6.07) is 10.3. The second-order valence-corrected chi connectivity index (χ2v) is 14.2. The lowest BCUT2D eigenvalue weighted by molar-refractivity contribution is -0.138. The highest BCUT2D eigenvalue weighted by molar-refractivity contribution is 7.91. The molecule has 2 unspecified atom stereocenters. The van der Waals surface area contributed by atoms with Crippen LogP contribution in [0, 0.1) is 0 Å². The quantitative estimate of drug-likeness (QED) is 0.244. The maximum Gasteiger partial charge on any atom is 0.303 e. The third-order valence-electron chi connectivity index (χ3n) is 7.14. The molecule has 0 saturated heterocycles. The monoisotopic (exact) mass is 760 g/mol. The lowest BCUT2D eigenvalue weighted by Gasteiger charge is -2.10. The lowest BCUT2D eigenvalue weighted by Crippen LogP contribution is -2.08. The van der Waals surface area contributed by atoms with Gasteiger partial charge in [-0.3, -0.25) is 9.59 Å². The summed E-state index contributed by atoms with van der Waals surface area (Å²) < 4.78 is 48.1. The van der Waals surface area contributed by atoms with Gasteiger partial charge in [-0.2, -0.15) is 0 Å². The molecular weight excluding hydrogens is 685 g/mol. The molecule has 300 valence electrons. The molecular formula is C41H76O8S2. The van der Waals surface area contributed by atoms with Crippen molar-refractivity contribution in [2.24, 2.45) is 0 Å². The second-order valence-electron chi connectivity index (χ2n) is 10.0. The third-order valence-corrected chi connectivity index (χ3v) is 11.0. The fraction of sp³-hybridized carbons (Fsp3) is 0.659. The predicted molar refractivity (Wildman–Crippen MR) is 219 cm³/mol. The first-order valence-electron chi connectivity index (χ1n) is 19.0. The maximum absolute atomic E-state index is 12.0. The van der Waals surface area contributed by atoms with Gasteiger partial charge >= 0.3 is 11.9 Å². The number of rotatable bonds is 10. The summed E-state index contributed by atoms with van der Waals surface area (Å²) in [5.41, 5.74) is 3.97. The van der Waals surface area contributed by atoms with Gasteiger partial charge in [0.1, 0.15) is 0 Å². The zero-order valence-electron chi connectivity index (χ0n) is 33.9. The Bertz CT molecular complexity index is 1400. The van der Waals surface area contributed by atoms with Crippen LogP contribution >= 0.6 is 0 Å². The Morgan fingerprint density at radius 3 is 1.31 bits per heavy atom. The summed E-state index contributed by atoms with van der Waals surface area (Å²) in [4.78, 5) is 22.3. The van der Waals surface area contributed by atoms with E-state index in [4.69, 9.17) is 10.2 Å². The average molecular weight is 761 g/mol. The van der Waals surface area contributed by atoms with E-state index >= 15 is 0 Å². The first-order valence-corrected chi connectivity index (χ1v) is 22.3. The molecule has 2 N–H and O–H groups in total. The van der Waals surface area contributed by atoms with Crippen molar-refractivity contribution in [3.8, 4) is 0 Å². The minimum atomic E-state index is -3.23. The number of hydrogen-bond donors (Lipinski definition) is 2. The van der Waals surface area contributed by atoms with Crippen LogP contribution in [-0.2, 0) is 42.1 Å². The minimum Gasteiger partial charge on any atom is -0.481 e. The molecule has 2 atom stereocenters. The first kappa shape index (κ1) is 57.6. The number of carboxylic acid groups (broad SMARTS) is 2. The molecule has 10 heteroatoms. The van der Waals surface area contributed by atoms with Gasteiger partial charge in [0.15, 0.2) is 19.7 Å². The van der Waals surface area contributed by atoms with Gasteiger partial charge in [0, 0.05) is 0 Å². The molecule has 2 aliphatic rings. The summed E-state index contributed by atoms with van der Waals surface area (Å²) in [5.74, 6) is -1.38. The summed E-state index contributed by atoms with van der Waals surface area (Å²) in [6.45, 7) is 27.7. The van der Waals surface area contributed by atoms with Gasteiger partial charge in [0.2, 0.25) is 0 Å². The normalized spacial score (nSPS) is 14.3. The number of fused-ring (bicyclic) bond motifs is 2. The molecule has 0 saturated carbocycles. The van der Waals surface area contributed by atoms with E-state index in [1.165, 1.54) is 0 Å². The highest BCUT2D eigenvalue weighted by atomic mass is 32.2. The second kappa shape index (κ2) is 33.1. The van der Waals surface area contributed by atoms with Crippen LogP contribution in [0.3, 0.4) is 0 Å². The van der Waals surface area contributed by atoms with Crippen LogP contribution in [0.25, 0.3) is 0 Å². The Morgan fingerprint density at radius 2 is 0.922 bits per heavy atom. The summed E-state index contributed by atoms with van der Waals surface area (Å²) >= 11 is 0. The van der Waals surface area contributed by atoms with E-state index < -0.39 is 31.6 Å². The van der Waals surface area contributed by atoms with Gasteiger partial charge in [-0.25, -0.2) is 16.8 Å². The van der Waals surface area contributed by atoms with Crippen molar-refractivity contribution >= 4 is 31.6 Å². The highest BCUT2D eigenvalue weighted by Gasteiger charge is 2.27. The van der Waals surface area contributed by atoms with E-state index in [1.54, 1.807) is 30.3 Å². The molecule has 0 heterocycles. The van der Waals surface area contributed by atoms with Crippen LogP contribution < -0.4 is 0 Å². The largest absolute Gasteiger partial charge is 0.481 e. The van der Waals surface area contributed by atoms with Crippen molar-refractivity contribution in [3.05, 3.63) is 58.7 Å². The van der Waals surface area contributed by atoms with Crippen LogP contribution in [0.15, 0.2) is 46.2 Å². The molecule has 0 amide bonds. The molecule has 0 aromatic heterocycles. The van der Waals surface area contributed by atoms with Crippen molar-refractivity contribution in [2.45, 2.75) is 177 Å². The Kier molecular flexibility index (Phi) is 37.4. The van der Waals surface area contributed by atoms with Gasteiger partial charge < -0.3 is 10.2 Å². The van der Waals surface area contributed by atoms with Gasteiger partial charge in [0.05, 0.1) is 34.1 Å². The lowest BCUT2D eigenvalue weighted by atomic mass is 9.98. The van der Waals surface area contributed by atoms with Gasteiger partial charge in [-0.05, 0) is 96.9 Å². The Hall–Kier alpha value is -2.72. The van der Waals surface area contributed by atoms with Crippen molar-refractivity contribution in [2.75, 3.05) is 11.5 Å². The Balaban J connectivity index is -0.000000210. The summed E-state index contributed by atoms with van der Waals surface area (Å²) in [5, 5.41) is 17.8. The first-order chi connectivity index (χ1) is 23.9. The smallest absolute Gasteiger partial charge is 0.303 e. The number of sulfone groups is 2. The van der Waals surface area contributed by atoms with Crippen LogP contribution in [-0.4, -0.2) is 50.5 Å². The number of hydrogen-bond acceptors (Lipinski definition) is 6. The zero-order chi connectivity index (χ0) is 40.1. The number of aliphatic carboxylic acids is 2. The number of aryl methyl sites for hydroxylation is 2. The molecule has 4 rings (SSSR count). The fourth-order valence-corrected chi connectivity index (χ4v) is 8.08. The minimum absolute atomic E-state index is 0. The molecule has 2 aromatic rings. The van der Waals surface area contributed by atoms with E-state index in [0.717, 1.165) is 47.9 Å². The van der Waals surface area contributed by atoms with Gasteiger partial charge in [-0.15, -0.1) is 0 Å². The molecule has 51 heavy (non-hydrogen) atoms. The molecule has 8 nitrogen and oxygen atoms in total. The predicted octanol–water partition coefficient (Wildman–Crippen LogP) is 11.5. The van der Waals surface area contributed by atoms with Gasteiger partial charge in [0.25, 0.3) is 0 Å². The molecule has 0 spiro atoms. The third kappa shape index (κ3) is 20.2. The molecule has 0 fully saturated rings. The maximum atomic E-state index is 12.0. The van der Waals surface area contributed by atoms with Crippen molar-refractivity contribution in [1.29, 1.82) is 0 Å². The number of carbonyl (C=O) groups is 2.